The molecule has 1 aliphatic rings. The topological polar surface area (TPSA) is 24.1 Å². The lowest BCUT2D eigenvalue weighted by atomic mass is 9.79. The van der Waals surface area contributed by atoms with E-state index < -0.39 is 0 Å². The van der Waals surface area contributed by atoms with E-state index >= 15 is 0 Å². The normalized spacial score (nSPS) is 22.2. The highest BCUT2D eigenvalue weighted by molar-refractivity contribution is 6.33. The molecule has 0 amide bonds. The average Bonchev–Trinajstić information content (AvgIpc) is 2.18. The van der Waals surface area contributed by atoms with Crippen LogP contribution in [-0.4, -0.2) is 17.1 Å². The minimum atomic E-state index is -0.264. The van der Waals surface area contributed by atoms with Crippen LogP contribution in [0.5, 0.6) is 0 Å². The van der Waals surface area contributed by atoms with E-state index in [1.807, 2.05) is 0 Å². The van der Waals surface area contributed by atoms with Gasteiger partial charge < -0.3 is 10.6 Å². The lowest BCUT2D eigenvalue weighted by molar-refractivity contribution is 0.170. The second-order valence-corrected chi connectivity index (χ2v) is 7.17. The van der Waals surface area contributed by atoms with Crippen LogP contribution in [0.2, 0.25) is 5.02 Å². The first-order chi connectivity index (χ1) is 8.67. The third-order valence-electron chi connectivity index (χ3n) is 3.48. The Morgan fingerprint density at radius 1 is 1.21 bits per heavy atom. The van der Waals surface area contributed by atoms with E-state index in [0.717, 1.165) is 12.8 Å². The number of rotatable bonds is 2. The van der Waals surface area contributed by atoms with Gasteiger partial charge in [-0.05, 0) is 58.7 Å². The molecule has 1 heterocycles. The molecule has 1 saturated heterocycles. The Morgan fingerprint density at radius 3 is 2.37 bits per heavy atom. The fourth-order valence-electron chi connectivity index (χ4n) is 3.25. The van der Waals surface area contributed by atoms with Gasteiger partial charge in [0.15, 0.2) is 0 Å². The van der Waals surface area contributed by atoms with E-state index in [9.17, 15) is 4.39 Å². The first-order valence-electron chi connectivity index (χ1n) is 6.68. The van der Waals surface area contributed by atoms with Crippen LogP contribution in [0.25, 0.3) is 0 Å². The van der Waals surface area contributed by atoms with Crippen molar-refractivity contribution in [1.29, 1.82) is 0 Å². The Balaban J connectivity index is 2.16. The predicted octanol–water partition coefficient (Wildman–Crippen LogP) is 4.20. The van der Waals surface area contributed by atoms with Gasteiger partial charge in [-0.15, -0.1) is 0 Å². The molecule has 19 heavy (non-hydrogen) atoms. The maximum atomic E-state index is 13.3. The molecular formula is C15H22ClFN2. The number of piperidine rings is 1. The summed E-state index contributed by atoms with van der Waals surface area (Å²) in [4.78, 5) is 0. The number of nitrogens with one attached hydrogen (secondary N) is 2. The van der Waals surface area contributed by atoms with Gasteiger partial charge in [0.25, 0.3) is 0 Å². The monoisotopic (exact) mass is 284 g/mol. The van der Waals surface area contributed by atoms with Crippen LogP contribution in [0.4, 0.5) is 10.1 Å². The van der Waals surface area contributed by atoms with Crippen LogP contribution < -0.4 is 10.6 Å². The van der Waals surface area contributed by atoms with Gasteiger partial charge in [-0.2, -0.15) is 0 Å². The first kappa shape index (κ1) is 14.6. The lowest BCUT2D eigenvalue weighted by Gasteiger charge is -2.47. The summed E-state index contributed by atoms with van der Waals surface area (Å²) in [5, 5.41) is 7.58. The minimum absolute atomic E-state index is 0.0548. The Hall–Kier alpha value is -0.800. The van der Waals surface area contributed by atoms with Crippen LogP contribution >= 0.6 is 11.6 Å². The zero-order valence-electron chi connectivity index (χ0n) is 12.0. The van der Waals surface area contributed by atoms with Crippen molar-refractivity contribution >= 4 is 17.3 Å². The highest BCUT2D eigenvalue weighted by Crippen LogP contribution is 2.32. The second kappa shape index (κ2) is 4.95. The predicted molar refractivity (Wildman–Crippen MR) is 79.3 cm³/mol. The molecule has 1 fully saturated rings. The molecule has 1 aromatic rings. The van der Waals surface area contributed by atoms with E-state index in [2.05, 4.69) is 38.3 Å². The Kier molecular flexibility index (Phi) is 3.80. The molecule has 0 bridgehead atoms. The molecule has 1 aromatic carbocycles. The molecular weight excluding hydrogens is 263 g/mol. The number of hydrogen-bond donors (Lipinski definition) is 2. The molecule has 4 heteroatoms. The first-order valence-corrected chi connectivity index (χ1v) is 7.06. The van der Waals surface area contributed by atoms with E-state index in [-0.39, 0.29) is 22.9 Å². The summed E-state index contributed by atoms with van der Waals surface area (Å²) in [6.45, 7) is 8.76. The fourth-order valence-corrected chi connectivity index (χ4v) is 3.42. The van der Waals surface area contributed by atoms with Gasteiger partial charge in [-0.1, -0.05) is 11.6 Å². The van der Waals surface area contributed by atoms with Gasteiger partial charge in [0, 0.05) is 17.1 Å². The zero-order valence-corrected chi connectivity index (χ0v) is 12.7. The van der Waals surface area contributed by atoms with Crippen molar-refractivity contribution in [3.8, 4) is 0 Å². The molecule has 106 valence electrons. The summed E-state index contributed by atoms with van der Waals surface area (Å²) in [5.74, 6) is -0.264. The number of benzene rings is 1. The van der Waals surface area contributed by atoms with Crippen molar-refractivity contribution in [2.45, 2.75) is 57.7 Å². The van der Waals surface area contributed by atoms with Gasteiger partial charge in [0.2, 0.25) is 0 Å². The Labute approximate surface area is 119 Å². The fraction of sp³-hybridized carbons (Fsp3) is 0.600. The molecule has 2 rings (SSSR count). The summed E-state index contributed by atoms with van der Waals surface area (Å²) in [5.41, 5.74) is 0.790. The van der Waals surface area contributed by atoms with Crippen LogP contribution in [0.1, 0.15) is 40.5 Å². The summed E-state index contributed by atoms with van der Waals surface area (Å²) in [6, 6.07) is 4.72. The molecule has 0 atom stereocenters. The number of hydrogen-bond acceptors (Lipinski definition) is 2. The largest absolute Gasteiger partial charge is 0.381 e. The van der Waals surface area contributed by atoms with Crippen molar-refractivity contribution in [1.82, 2.24) is 5.32 Å². The van der Waals surface area contributed by atoms with E-state index in [4.69, 9.17) is 11.6 Å². The van der Waals surface area contributed by atoms with Gasteiger partial charge in [0.1, 0.15) is 5.82 Å². The molecule has 2 N–H and O–H groups in total. The second-order valence-electron chi connectivity index (χ2n) is 6.77. The summed E-state index contributed by atoms with van der Waals surface area (Å²) in [6.07, 6.45) is 1.95. The minimum Gasteiger partial charge on any atom is -0.381 e. The van der Waals surface area contributed by atoms with Crippen molar-refractivity contribution in [3.63, 3.8) is 0 Å². The van der Waals surface area contributed by atoms with E-state index in [0.29, 0.717) is 10.7 Å². The van der Waals surface area contributed by atoms with Crippen molar-refractivity contribution in [3.05, 3.63) is 29.0 Å². The average molecular weight is 285 g/mol. The van der Waals surface area contributed by atoms with Crippen LogP contribution in [0.3, 0.4) is 0 Å². The SMILES string of the molecule is CC1(C)CC(Nc2cc(F)ccc2Cl)CC(C)(C)N1. The van der Waals surface area contributed by atoms with Crippen LogP contribution in [-0.2, 0) is 0 Å². The number of halogens is 2. The third kappa shape index (κ3) is 3.83. The molecule has 0 saturated carbocycles. The number of anilines is 1. The zero-order chi connectivity index (χ0) is 14.3. The van der Waals surface area contributed by atoms with Gasteiger partial charge in [-0.25, -0.2) is 4.39 Å². The van der Waals surface area contributed by atoms with Gasteiger partial charge in [-0.3, -0.25) is 0 Å². The summed E-state index contributed by atoms with van der Waals surface area (Å²) in [7, 11) is 0. The molecule has 0 unspecified atom stereocenters. The summed E-state index contributed by atoms with van der Waals surface area (Å²) < 4.78 is 13.3. The smallest absolute Gasteiger partial charge is 0.125 e. The molecule has 0 aliphatic carbocycles. The third-order valence-corrected chi connectivity index (χ3v) is 3.81. The highest BCUT2D eigenvalue weighted by atomic mass is 35.5. The molecule has 1 aliphatic heterocycles. The van der Waals surface area contributed by atoms with Crippen LogP contribution in [0, 0.1) is 5.82 Å². The lowest BCUT2D eigenvalue weighted by Crippen LogP contribution is -2.60. The van der Waals surface area contributed by atoms with E-state index in [1.165, 1.54) is 12.1 Å². The maximum Gasteiger partial charge on any atom is 0.125 e. The quantitative estimate of drug-likeness (QED) is 0.850. The summed E-state index contributed by atoms with van der Waals surface area (Å²) >= 11 is 6.11. The molecule has 0 radical (unpaired) electrons. The van der Waals surface area contributed by atoms with Crippen molar-refractivity contribution < 1.29 is 4.39 Å². The maximum absolute atomic E-state index is 13.3. The Morgan fingerprint density at radius 2 is 1.79 bits per heavy atom. The van der Waals surface area contributed by atoms with E-state index in [1.54, 1.807) is 6.07 Å². The molecule has 0 spiro atoms. The van der Waals surface area contributed by atoms with Gasteiger partial charge in [0.05, 0.1) is 10.7 Å². The highest BCUT2D eigenvalue weighted by Gasteiger charge is 2.37. The van der Waals surface area contributed by atoms with Gasteiger partial charge >= 0.3 is 0 Å². The Bertz CT molecular complexity index is 455. The standard InChI is InChI=1S/C15H22ClFN2/c1-14(2)8-11(9-15(3,4)19-14)18-13-7-10(17)5-6-12(13)16/h5-7,11,18-19H,8-9H2,1-4H3. The van der Waals surface area contributed by atoms with Crippen molar-refractivity contribution in [2.75, 3.05) is 5.32 Å². The van der Waals surface area contributed by atoms with Crippen LogP contribution in [0.15, 0.2) is 18.2 Å². The molecule has 0 aromatic heterocycles. The molecule has 2 nitrogen and oxygen atoms in total. The van der Waals surface area contributed by atoms with Crippen molar-refractivity contribution in [2.24, 2.45) is 0 Å².